The fourth-order valence-corrected chi connectivity index (χ4v) is 5.83. The van der Waals surface area contributed by atoms with E-state index in [-0.39, 0.29) is 30.7 Å². The average Bonchev–Trinajstić information content (AvgIpc) is 3.54. The molecule has 214 valence electrons. The largest absolute Gasteiger partial charge is 0.491 e. The number of benzene rings is 2. The molecular weight excluding hydrogens is 520 g/mol. The van der Waals surface area contributed by atoms with Crippen molar-refractivity contribution in [3.05, 3.63) is 75.7 Å². The predicted octanol–water partition coefficient (Wildman–Crippen LogP) is 3.38. The van der Waals surface area contributed by atoms with Gasteiger partial charge in [-0.3, -0.25) is 9.59 Å². The van der Waals surface area contributed by atoms with Crippen molar-refractivity contribution in [2.75, 3.05) is 38.6 Å². The zero-order valence-electron chi connectivity index (χ0n) is 23.4. The molecule has 2 aromatic heterocycles. The van der Waals surface area contributed by atoms with Gasteiger partial charge in [-0.15, -0.1) is 0 Å². The SMILES string of the molecule is CCc1ccccc1OCC(O)CNc1cc[nH]c(=O)c1-c1nc2cc3c(cc2[nH]1)CN(C1CCN(C)CC1)C3=O. The van der Waals surface area contributed by atoms with E-state index in [0.29, 0.717) is 34.7 Å². The molecule has 10 nitrogen and oxygen atoms in total. The Morgan fingerprint density at radius 1 is 1.17 bits per heavy atom. The molecule has 1 saturated heterocycles. The molecular formula is C31H36N6O4. The molecule has 0 spiro atoms. The lowest BCUT2D eigenvalue weighted by molar-refractivity contribution is 0.0617. The van der Waals surface area contributed by atoms with Crippen LogP contribution in [0.25, 0.3) is 22.4 Å². The maximum Gasteiger partial charge on any atom is 0.261 e. The molecule has 1 atom stereocenters. The lowest BCUT2D eigenvalue weighted by Gasteiger charge is -2.34. The number of aromatic nitrogens is 3. The molecule has 2 aromatic carbocycles. The average molecular weight is 557 g/mol. The van der Waals surface area contributed by atoms with Gasteiger partial charge in [-0.1, -0.05) is 25.1 Å². The molecule has 0 bridgehead atoms. The van der Waals surface area contributed by atoms with Crippen molar-refractivity contribution in [3.8, 4) is 17.1 Å². The van der Waals surface area contributed by atoms with Gasteiger partial charge in [0.2, 0.25) is 0 Å². The predicted molar refractivity (Wildman–Crippen MR) is 158 cm³/mol. The molecule has 0 radical (unpaired) electrons. The molecule has 2 aliphatic heterocycles. The summed E-state index contributed by atoms with van der Waals surface area (Å²) in [7, 11) is 2.12. The molecule has 1 amide bonds. The first-order chi connectivity index (χ1) is 19.9. The monoisotopic (exact) mass is 556 g/mol. The van der Waals surface area contributed by atoms with Gasteiger partial charge >= 0.3 is 0 Å². The zero-order valence-corrected chi connectivity index (χ0v) is 23.4. The normalized spacial score (nSPS) is 16.8. The van der Waals surface area contributed by atoms with Crippen molar-refractivity contribution in [1.82, 2.24) is 24.8 Å². The number of aromatic amines is 2. The highest BCUT2D eigenvalue weighted by Gasteiger charge is 2.34. The van der Waals surface area contributed by atoms with E-state index >= 15 is 0 Å². The van der Waals surface area contributed by atoms with Crippen LogP contribution in [0.5, 0.6) is 5.75 Å². The van der Waals surface area contributed by atoms with Crippen molar-refractivity contribution < 1.29 is 14.6 Å². The number of ether oxygens (including phenoxy) is 1. The van der Waals surface area contributed by atoms with Crippen molar-refractivity contribution in [2.24, 2.45) is 0 Å². The van der Waals surface area contributed by atoms with Gasteiger partial charge in [0, 0.05) is 30.9 Å². The van der Waals surface area contributed by atoms with Crippen LogP contribution in [0.4, 0.5) is 5.69 Å². The number of fused-ring (bicyclic) bond motifs is 2. The van der Waals surface area contributed by atoms with Crippen LogP contribution in [0.15, 0.2) is 53.5 Å². The van der Waals surface area contributed by atoms with Crippen LogP contribution in [0.2, 0.25) is 0 Å². The summed E-state index contributed by atoms with van der Waals surface area (Å²) in [5.41, 5.74) is 4.71. The van der Waals surface area contributed by atoms with E-state index in [4.69, 9.17) is 9.72 Å². The Kier molecular flexibility index (Phi) is 7.51. The Hall–Kier alpha value is -4.15. The number of imidazole rings is 1. The molecule has 1 fully saturated rings. The first-order valence-corrected chi connectivity index (χ1v) is 14.3. The molecule has 4 N–H and O–H groups in total. The van der Waals surface area contributed by atoms with E-state index in [1.54, 1.807) is 12.3 Å². The highest BCUT2D eigenvalue weighted by molar-refractivity contribution is 6.02. The van der Waals surface area contributed by atoms with Crippen LogP contribution in [0, 0.1) is 0 Å². The third-order valence-electron chi connectivity index (χ3n) is 8.18. The molecule has 10 heteroatoms. The van der Waals surface area contributed by atoms with Crippen molar-refractivity contribution >= 4 is 22.6 Å². The van der Waals surface area contributed by atoms with E-state index in [1.807, 2.05) is 41.3 Å². The van der Waals surface area contributed by atoms with E-state index < -0.39 is 6.10 Å². The van der Waals surface area contributed by atoms with E-state index in [1.165, 1.54) is 0 Å². The Labute approximate surface area is 238 Å². The topological polar surface area (TPSA) is 127 Å². The second-order valence-electron chi connectivity index (χ2n) is 11.0. The highest BCUT2D eigenvalue weighted by atomic mass is 16.5. The minimum atomic E-state index is -0.802. The summed E-state index contributed by atoms with van der Waals surface area (Å²) in [5, 5.41) is 13.8. The standard InChI is InChI=1S/C31H36N6O4/c1-3-19-6-4-5-7-27(19)41-18-22(38)16-33-24-8-11-32-30(39)28(24)29-34-25-14-20-17-37(21-9-12-36(2)13-10-21)31(40)23(20)15-26(25)35-29/h4-8,11,14-15,21-22,38H,3,9-10,12-13,16-18H2,1-2H3,(H,34,35)(H2,32,33,39). The maximum atomic E-state index is 13.3. The number of hydrogen-bond donors (Lipinski definition) is 4. The minimum Gasteiger partial charge on any atom is -0.491 e. The zero-order chi connectivity index (χ0) is 28.5. The number of H-pyrrole nitrogens is 2. The summed E-state index contributed by atoms with van der Waals surface area (Å²) < 4.78 is 5.85. The number of para-hydroxylation sites is 1. The molecule has 1 unspecified atom stereocenters. The van der Waals surface area contributed by atoms with Crippen molar-refractivity contribution in [3.63, 3.8) is 0 Å². The van der Waals surface area contributed by atoms with Crippen LogP contribution < -0.4 is 15.6 Å². The van der Waals surface area contributed by atoms with Crippen LogP contribution in [0.3, 0.4) is 0 Å². The highest BCUT2D eigenvalue weighted by Crippen LogP contribution is 2.32. The lowest BCUT2D eigenvalue weighted by atomic mass is 10.0. The Balaban J connectivity index is 1.18. The number of anilines is 1. The summed E-state index contributed by atoms with van der Waals surface area (Å²) in [6, 6.07) is 13.6. The first-order valence-electron chi connectivity index (χ1n) is 14.3. The first kappa shape index (κ1) is 27.0. The molecule has 4 aromatic rings. The lowest BCUT2D eigenvalue weighted by Crippen LogP contribution is -2.43. The van der Waals surface area contributed by atoms with Crippen LogP contribution in [-0.2, 0) is 13.0 Å². The van der Waals surface area contributed by atoms with Gasteiger partial charge in [0.1, 0.15) is 29.8 Å². The number of amides is 1. The second kappa shape index (κ2) is 11.4. The Morgan fingerprint density at radius 3 is 2.78 bits per heavy atom. The minimum absolute atomic E-state index is 0.0543. The molecule has 0 aliphatic carbocycles. The van der Waals surface area contributed by atoms with Crippen molar-refractivity contribution in [2.45, 2.75) is 44.9 Å². The molecule has 41 heavy (non-hydrogen) atoms. The second-order valence-corrected chi connectivity index (χ2v) is 11.0. The number of hydrogen-bond acceptors (Lipinski definition) is 7. The summed E-state index contributed by atoms with van der Waals surface area (Å²) in [5.74, 6) is 1.21. The molecule has 2 aliphatic rings. The maximum absolute atomic E-state index is 13.3. The molecule has 4 heterocycles. The molecule has 0 saturated carbocycles. The van der Waals surface area contributed by atoms with Gasteiger partial charge in [0.15, 0.2) is 0 Å². The summed E-state index contributed by atoms with van der Waals surface area (Å²) in [6.45, 7) is 4.93. The third kappa shape index (κ3) is 5.45. The number of likely N-dealkylation sites (tertiary alicyclic amines) is 1. The third-order valence-corrected chi connectivity index (χ3v) is 8.18. The number of nitrogens with one attached hydrogen (secondary N) is 3. The van der Waals surface area contributed by atoms with Gasteiger partial charge in [0.25, 0.3) is 11.5 Å². The number of piperidine rings is 1. The Bertz CT molecular complexity index is 1620. The van der Waals surface area contributed by atoms with Gasteiger partial charge in [-0.25, -0.2) is 4.98 Å². The number of nitrogens with zero attached hydrogens (tertiary/aromatic N) is 3. The van der Waals surface area contributed by atoms with Crippen LogP contribution >= 0.6 is 0 Å². The number of pyridine rings is 1. The summed E-state index contributed by atoms with van der Waals surface area (Å²) in [6.07, 6.45) is 3.56. The number of carbonyl (C=O) groups excluding carboxylic acids is 1. The fraction of sp³-hybridized carbons (Fsp3) is 0.387. The quantitative estimate of drug-likeness (QED) is 0.249. The number of aryl methyl sites for hydroxylation is 1. The van der Waals surface area contributed by atoms with E-state index in [2.05, 4.69) is 34.2 Å². The summed E-state index contributed by atoms with van der Waals surface area (Å²) >= 11 is 0. The van der Waals surface area contributed by atoms with Gasteiger partial charge in [-0.05, 0) is 74.8 Å². The van der Waals surface area contributed by atoms with Gasteiger partial charge in [-0.2, -0.15) is 0 Å². The van der Waals surface area contributed by atoms with Gasteiger partial charge < -0.3 is 34.9 Å². The summed E-state index contributed by atoms with van der Waals surface area (Å²) in [4.78, 5) is 41.3. The number of carbonyl (C=O) groups is 1. The van der Waals surface area contributed by atoms with Gasteiger partial charge in [0.05, 0.1) is 16.7 Å². The number of aliphatic hydroxyl groups is 1. The smallest absolute Gasteiger partial charge is 0.261 e. The Morgan fingerprint density at radius 2 is 1.98 bits per heavy atom. The van der Waals surface area contributed by atoms with E-state index in [9.17, 15) is 14.7 Å². The van der Waals surface area contributed by atoms with Crippen LogP contribution in [-0.4, -0.2) is 81.2 Å². The van der Waals surface area contributed by atoms with Crippen molar-refractivity contribution in [1.29, 1.82) is 0 Å². The number of aliphatic hydroxyl groups excluding tert-OH is 1. The number of rotatable bonds is 9. The fourth-order valence-electron chi connectivity index (χ4n) is 5.83. The molecule has 6 rings (SSSR count). The van der Waals surface area contributed by atoms with E-state index in [0.717, 1.165) is 54.7 Å². The van der Waals surface area contributed by atoms with Crippen LogP contribution in [0.1, 0.15) is 41.3 Å².